The van der Waals surface area contributed by atoms with Crippen LogP contribution in [0.5, 0.6) is 0 Å². The molecule has 7 heteroatoms. The lowest BCUT2D eigenvalue weighted by Gasteiger charge is -2.08. The zero-order valence-electron chi connectivity index (χ0n) is 13.7. The molecule has 0 fully saturated rings. The molecule has 0 atom stereocenters. The smallest absolute Gasteiger partial charge is 0.268 e. The van der Waals surface area contributed by atoms with E-state index in [9.17, 15) is 14.0 Å². The molecular weight excluding hydrogens is 341 g/mol. The van der Waals surface area contributed by atoms with Gasteiger partial charge in [0.15, 0.2) is 0 Å². The standard InChI is InChI=1S/C18H18FN3O2S/c1-22-14-6-8-25-16(14)10-15(22)18(24)21-11-17(23)20-7-5-12-3-2-4-13(19)9-12/h2-4,6,8-10H,5,7,11H2,1H3,(H,20,23)(H,21,24). The zero-order valence-corrected chi connectivity index (χ0v) is 14.5. The largest absolute Gasteiger partial charge is 0.354 e. The van der Waals surface area contributed by atoms with E-state index in [4.69, 9.17) is 0 Å². The maximum absolute atomic E-state index is 13.1. The summed E-state index contributed by atoms with van der Waals surface area (Å²) in [5.74, 6) is -0.856. The minimum atomic E-state index is -0.293. The first-order valence-electron chi connectivity index (χ1n) is 7.87. The van der Waals surface area contributed by atoms with Gasteiger partial charge in [0.1, 0.15) is 11.5 Å². The van der Waals surface area contributed by atoms with E-state index >= 15 is 0 Å². The molecule has 0 aliphatic heterocycles. The zero-order chi connectivity index (χ0) is 17.8. The third kappa shape index (κ3) is 4.06. The molecule has 0 spiro atoms. The number of benzene rings is 1. The molecule has 0 aliphatic carbocycles. The molecule has 0 bridgehead atoms. The van der Waals surface area contributed by atoms with Crippen molar-refractivity contribution in [3.8, 4) is 0 Å². The Morgan fingerprint density at radius 3 is 2.80 bits per heavy atom. The lowest BCUT2D eigenvalue weighted by molar-refractivity contribution is -0.120. The number of hydrogen-bond donors (Lipinski definition) is 2. The summed E-state index contributed by atoms with van der Waals surface area (Å²) in [4.78, 5) is 24.1. The Morgan fingerprint density at radius 1 is 1.20 bits per heavy atom. The highest BCUT2D eigenvalue weighted by Crippen LogP contribution is 2.23. The van der Waals surface area contributed by atoms with Gasteiger partial charge in [0.2, 0.25) is 5.91 Å². The molecule has 5 nitrogen and oxygen atoms in total. The number of rotatable bonds is 6. The van der Waals surface area contributed by atoms with Crippen LogP contribution in [0.15, 0.2) is 41.8 Å². The molecule has 0 saturated carbocycles. The Hall–Kier alpha value is -2.67. The molecule has 25 heavy (non-hydrogen) atoms. The van der Waals surface area contributed by atoms with Crippen LogP contribution in [0.3, 0.4) is 0 Å². The minimum Gasteiger partial charge on any atom is -0.354 e. The summed E-state index contributed by atoms with van der Waals surface area (Å²) in [6.45, 7) is 0.291. The third-order valence-corrected chi connectivity index (χ3v) is 4.78. The van der Waals surface area contributed by atoms with E-state index in [0.29, 0.717) is 18.7 Å². The molecule has 2 aromatic heterocycles. The summed E-state index contributed by atoms with van der Waals surface area (Å²) in [7, 11) is 1.82. The van der Waals surface area contributed by atoms with Crippen LogP contribution in [-0.4, -0.2) is 29.5 Å². The van der Waals surface area contributed by atoms with Crippen molar-refractivity contribution in [1.82, 2.24) is 15.2 Å². The number of halogens is 1. The highest BCUT2D eigenvalue weighted by atomic mass is 32.1. The van der Waals surface area contributed by atoms with E-state index < -0.39 is 0 Å². The summed E-state index contributed by atoms with van der Waals surface area (Å²) in [6, 6.07) is 10.0. The molecule has 2 amide bonds. The molecule has 1 aromatic carbocycles. The highest BCUT2D eigenvalue weighted by Gasteiger charge is 2.14. The SMILES string of the molecule is Cn1c(C(=O)NCC(=O)NCCc2cccc(F)c2)cc2sccc21. The Kier molecular flexibility index (Phi) is 5.14. The Morgan fingerprint density at radius 2 is 2.04 bits per heavy atom. The van der Waals surface area contributed by atoms with Crippen molar-refractivity contribution in [2.24, 2.45) is 7.05 Å². The predicted octanol–water partition coefficient (Wildman–Crippen LogP) is 2.47. The van der Waals surface area contributed by atoms with Crippen molar-refractivity contribution in [2.45, 2.75) is 6.42 Å². The molecule has 2 N–H and O–H groups in total. The number of aromatic nitrogens is 1. The van der Waals surface area contributed by atoms with Gasteiger partial charge in [-0.2, -0.15) is 0 Å². The Labute approximate surface area is 148 Å². The molecule has 0 radical (unpaired) electrons. The number of thiophene rings is 1. The molecule has 2 heterocycles. The van der Waals surface area contributed by atoms with Crippen molar-refractivity contribution in [3.05, 3.63) is 58.9 Å². The number of aryl methyl sites for hydroxylation is 1. The van der Waals surface area contributed by atoms with Crippen molar-refractivity contribution in [1.29, 1.82) is 0 Å². The van der Waals surface area contributed by atoms with Gasteiger partial charge >= 0.3 is 0 Å². The van der Waals surface area contributed by atoms with Gasteiger partial charge in [0.05, 0.1) is 16.8 Å². The van der Waals surface area contributed by atoms with Crippen LogP contribution in [0, 0.1) is 5.82 Å². The topological polar surface area (TPSA) is 63.1 Å². The summed E-state index contributed by atoms with van der Waals surface area (Å²) >= 11 is 1.57. The second-order valence-corrected chi connectivity index (χ2v) is 6.62. The predicted molar refractivity (Wildman–Crippen MR) is 96.2 cm³/mol. The normalized spacial score (nSPS) is 10.8. The summed E-state index contributed by atoms with van der Waals surface area (Å²) in [6.07, 6.45) is 0.533. The third-order valence-electron chi connectivity index (χ3n) is 3.93. The number of nitrogens with one attached hydrogen (secondary N) is 2. The van der Waals surface area contributed by atoms with Gasteiger partial charge in [-0.1, -0.05) is 12.1 Å². The van der Waals surface area contributed by atoms with Crippen LogP contribution >= 0.6 is 11.3 Å². The molecule has 0 saturated heterocycles. The fraction of sp³-hybridized carbons (Fsp3) is 0.222. The van der Waals surface area contributed by atoms with Gasteiger partial charge in [0, 0.05) is 13.6 Å². The van der Waals surface area contributed by atoms with E-state index in [1.165, 1.54) is 12.1 Å². The van der Waals surface area contributed by atoms with E-state index in [1.807, 2.05) is 29.1 Å². The van der Waals surface area contributed by atoms with Crippen LogP contribution in [0.1, 0.15) is 16.1 Å². The molecular formula is C18H18FN3O2S. The average Bonchev–Trinajstić information content (AvgIpc) is 3.16. The Balaban J connectivity index is 1.46. The molecule has 3 rings (SSSR count). The number of amides is 2. The molecule has 3 aromatic rings. The van der Waals surface area contributed by atoms with Crippen LogP contribution in [0.25, 0.3) is 10.2 Å². The van der Waals surface area contributed by atoms with Crippen molar-refractivity contribution in [2.75, 3.05) is 13.1 Å². The first-order valence-corrected chi connectivity index (χ1v) is 8.75. The van der Waals surface area contributed by atoms with E-state index in [-0.39, 0.29) is 24.2 Å². The van der Waals surface area contributed by atoms with Gasteiger partial charge in [-0.25, -0.2) is 4.39 Å². The van der Waals surface area contributed by atoms with Crippen LogP contribution in [0.2, 0.25) is 0 Å². The lowest BCUT2D eigenvalue weighted by atomic mass is 10.1. The van der Waals surface area contributed by atoms with Crippen LogP contribution in [-0.2, 0) is 18.3 Å². The van der Waals surface area contributed by atoms with Gasteiger partial charge < -0.3 is 15.2 Å². The highest BCUT2D eigenvalue weighted by molar-refractivity contribution is 7.17. The lowest BCUT2D eigenvalue weighted by Crippen LogP contribution is -2.38. The fourth-order valence-corrected chi connectivity index (χ4v) is 3.47. The maximum Gasteiger partial charge on any atom is 0.268 e. The van der Waals surface area contributed by atoms with E-state index in [1.54, 1.807) is 23.5 Å². The van der Waals surface area contributed by atoms with Gasteiger partial charge in [-0.15, -0.1) is 11.3 Å². The van der Waals surface area contributed by atoms with Crippen molar-refractivity contribution >= 4 is 33.4 Å². The second-order valence-electron chi connectivity index (χ2n) is 5.67. The summed E-state index contributed by atoms with van der Waals surface area (Å²) in [5, 5.41) is 7.30. The van der Waals surface area contributed by atoms with E-state index in [2.05, 4.69) is 10.6 Å². The summed E-state index contributed by atoms with van der Waals surface area (Å²) < 4.78 is 15.9. The van der Waals surface area contributed by atoms with E-state index in [0.717, 1.165) is 15.8 Å². The number of carbonyl (C=O) groups is 2. The number of carbonyl (C=O) groups excluding carboxylic acids is 2. The molecule has 0 unspecified atom stereocenters. The van der Waals surface area contributed by atoms with Crippen LogP contribution < -0.4 is 10.6 Å². The van der Waals surface area contributed by atoms with Gasteiger partial charge in [0.25, 0.3) is 5.91 Å². The monoisotopic (exact) mass is 359 g/mol. The first kappa shape index (κ1) is 17.2. The fourth-order valence-electron chi connectivity index (χ4n) is 2.62. The first-order chi connectivity index (χ1) is 12.0. The van der Waals surface area contributed by atoms with Crippen molar-refractivity contribution < 1.29 is 14.0 Å². The molecule has 0 aliphatic rings. The van der Waals surface area contributed by atoms with Crippen molar-refractivity contribution in [3.63, 3.8) is 0 Å². The molecule has 130 valence electrons. The van der Waals surface area contributed by atoms with Gasteiger partial charge in [-0.3, -0.25) is 9.59 Å². The average molecular weight is 359 g/mol. The van der Waals surface area contributed by atoms with Gasteiger partial charge in [-0.05, 0) is 41.6 Å². The maximum atomic E-state index is 13.1. The minimum absolute atomic E-state index is 0.0964. The summed E-state index contributed by atoms with van der Waals surface area (Å²) in [5.41, 5.74) is 2.33. The second kappa shape index (κ2) is 7.48. The van der Waals surface area contributed by atoms with Crippen LogP contribution in [0.4, 0.5) is 4.39 Å². The Bertz CT molecular complexity index is 916. The number of hydrogen-bond acceptors (Lipinski definition) is 3. The quantitative estimate of drug-likeness (QED) is 0.710. The number of nitrogens with zero attached hydrogens (tertiary/aromatic N) is 1. The number of fused-ring (bicyclic) bond motifs is 1.